The molecule has 0 unspecified atom stereocenters. The predicted octanol–water partition coefficient (Wildman–Crippen LogP) is 6.88. The standard InChI is InChI=1S/C21H16BrNS/c22-18-10-7-13-20(16-18)24-15-14-21(17-8-3-1-4-9-17)23-19-11-5-2-6-12-19/h1-16H. The summed E-state index contributed by atoms with van der Waals surface area (Å²) in [7, 11) is 0. The van der Waals surface area contributed by atoms with Crippen molar-refractivity contribution in [2.75, 3.05) is 0 Å². The first kappa shape index (κ1) is 16.7. The third-order valence-corrected chi connectivity index (χ3v) is 4.59. The Morgan fingerprint density at radius 1 is 0.833 bits per heavy atom. The summed E-state index contributed by atoms with van der Waals surface area (Å²) in [5.41, 5.74) is 3.00. The summed E-state index contributed by atoms with van der Waals surface area (Å²) in [5.74, 6) is 0. The minimum atomic E-state index is 0.948. The Hall–Kier alpha value is -2.10. The van der Waals surface area contributed by atoms with E-state index in [0.717, 1.165) is 21.4 Å². The van der Waals surface area contributed by atoms with Crippen LogP contribution in [0.1, 0.15) is 5.56 Å². The molecule has 0 aliphatic heterocycles. The van der Waals surface area contributed by atoms with Crippen LogP contribution in [0.5, 0.6) is 0 Å². The molecule has 0 saturated carbocycles. The van der Waals surface area contributed by atoms with Gasteiger partial charge in [0.2, 0.25) is 0 Å². The van der Waals surface area contributed by atoms with E-state index in [1.807, 2.05) is 60.7 Å². The number of para-hydroxylation sites is 1. The number of allylic oxidation sites excluding steroid dienone is 1. The molecule has 118 valence electrons. The normalized spacial score (nSPS) is 11.8. The van der Waals surface area contributed by atoms with Gasteiger partial charge in [-0.05, 0) is 41.8 Å². The number of thioether (sulfide) groups is 1. The molecule has 3 aromatic rings. The summed E-state index contributed by atoms with van der Waals surface area (Å²) < 4.78 is 1.09. The average molecular weight is 394 g/mol. The summed E-state index contributed by atoms with van der Waals surface area (Å²) in [6.07, 6.45) is 2.06. The maximum Gasteiger partial charge on any atom is 0.0714 e. The smallest absolute Gasteiger partial charge is 0.0714 e. The Bertz CT molecular complexity index is 842. The number of halogens is 1. The van der Waals surface area contributed by atoms with Crippen LogP contribution < -0.4 is 0 Å². The molecule has 0 saturated heterocycles. The van der Waals surface area contributed by atoms with Crippen molar-refractivity contribution in [1.29, 1.82) is 0 Å². The number of hydrogen-bond donors (Lipinski definition) is 0. The zero-order chi connectivity index (χ0) is 16.6. The van der Waals surface area contributed by atoms with Crippen molar-refractivity contribution in [3.63, 3.8) is 0 Å². The van der Waals surface area contributed by atoms with Crippen LogP contribution in [0.3, 0.4) is 0 Å². The van der Waals surface area contributed by atoms with Gasteiger partial charge in [0.05, 0.1) is 11.4 Å². The Labute approximate surface area is 155 Å². The van der Waals surface area contributed by atoms with Crippen LogP contribution in [0, 0.1) is 0 Å². The molecule has 3 rings (SSSR count). The second-order valence-corrected chi connectivity index (χ2v) is 6.97. The molecule has 3 heteroatoms. The minimum Gasteiger partial charge on any atom is -0.248 e. The van der Waals surface area contributed by atoms with Crippen LogP contribution in [0.2, 0.25) is 0 Å². The van der Waals surface area contributed by atoms with E-state index in [0.29, 0.717) is 0 Å². The molecular weight excluding hydrogens is 378 g/mol. The SMILES string of the molecule is Brc1cccc(SC=CC(=Nc2ccccc2)c2ccccc2)c1. The van der Waals surface area contributed by atoms with Gasteiger partial charge >= 0.3 is 0 Å². The third-order valence-electron chi connectivity index (χ3n) is 3.30. The van der Waals surface area contributed by atoms with E-state index in [1.165, 1.54) is 4.90 Å². The summed E-state index contributed by atoms with van der Waals surface area (Å²) in [6.45, 7) is 0. The second-order valence-electron chi connectivity index (χ2n) is 5.08. The fraction of sp³-hybridized carbons (Fsp3) is 0. The zero-order valence-electron chi connectivity index (χ0n) is 13.0. The maximum absolute atomic E-state index is 4.78. The molecule has 0 N–H and O–H groups in total. The van der Waals surface area contributed by atoms with E-state index in [9.17, 15) is 0 Å². The Kier molecular flexibility index (Phi) is 6.05. The van der Waals surface area contributed by atoms with Crippen molar-refractivity contribution in [3.05, 3.63) is 106 Å². The van der Waals surface area contributed by atoms with Gasteiger partial charge in [-0.15, -0.1) is 0 Å². The Morgan fingerprint density at radius 2 is 1.54 bits per heavy atom. The van der Waals surface area contributed by atoms with Gasteiger partial charge in [0, 0.05) is 14.9 Å². The molecule has 0 amide bonds. The molecule has 0 aliphatic rings. The zero-order valence-corrected chi connectivity index (χ0v) is 15.4. The van der Waals surface area contributed by atoms with Gasteiger partial charge in [0.15, 0.2) is 0 Å². The molecule has 3 aromatic carbocycles. The van der Waals surface area contributed by atoms with Gasteiger partial charge in [-0.25, -0.2) is 4.99 Å². The largest absolute Gasteiger partial charge is 0.248 e. The van der Waals surface area contributed by atoms with E-state index >= 15 is 0 Å². The lowest BCUT2D eigenvalue weighted by atomic mass is 10.1. The molecule has 0 atom stereocenters. The highest BCUT2D eigenvalue weighted by atomic mass is 79.9. The number of aliphatic imine (C=N–C) groups is 1. The molecule has 0 radical (unpaired) electrons. The molecule has 24 heavy (non-hydrogen) atoms. The van der Waals surface area contributed by atoms with Gasteiger partial charge in [-0.1, -0.05) is 82.3 Å². The minimum absolute atomic E-state index is 0.948. The monoisotopic (exact) mass is 393 g/mol. The number of benzene rings is 3. The summed E-state index contributed by atoms with van der Waals surface area (Å²) in [5, 5.41) is 2.08. The van der Waals surface area contributed by atoms with Crippen LogP contribution >= 0.6 is 27.7 Å². The number of hydrogen-bond acceptors (Lipinski definition) is 2. The quantitative estimate of drug-likeness (QED) is 0.340. The first-order chi connectivity index (χ1) is 11.8. The van der Waals surface area contributed by atoms with E-state index in [1.54, 1.807) is 11.8 Å². The first-order valence-electron chi connectivity index (χ1n) is 7.59. The van der Waals surface area contributed by atoms with Crippen LogP contribution in [-0.2, 0) is 0 Å². The predicted molar refractivity (Wildman–Crippen MR) is 108 cm³/mol. The molecule has 0 fully saturated rings. The Balaban J connectivity index is 1.85. The van der Waals surface area contributed by atoms with Gasteiger partial charge < -0.3 is 0 Å². The lowest BCUT2D eigenvalue weighted by Gasteiger charge is -2.03. The maximum atomic E-state index is 4.78. The number of rotatable bonds is 5. The van der Waals surface area contributed by atoms with Gasteiger partial charge in [-0.2, -0.15) is 0 Å². The van der Waals surface area contributed by atoms with E-state index in [-0.39, 0.29) is 0 Å². The van der Waals surface area contributed by atoms with Crippen molar-refractivity contribution in [2.24, 2.45) is 4.99 Å². The average Bonchev–Trinajstić information content (AvgIpc) is 2.63. The lowest BCUT2D eigenvalue weighted by molar-refractivity contribution is 1.44. The van der Waals surface area contributed by atoms with Gasteiger partial charge in [0.25, 0.3) is 0 Å². The topological polar surface area (TPSA) is 12.4 Å². The fourth-order valence-electron chi connectivity index (χ4n) is 2.17. The molecule has 1 nitrogen and oxygen atoms in total. The molecule has 0 heterocycles. The highest BCUT2D eigenvalue weighted by Gasteiger charge is 2.00. The summed E-state index contributed by atoms with van der Waals surface area (Å²) in [4.78, 5) is 5.97. The Morgan fingerprint density at radius 3 is 2.25 bits per heavy atom. The fourth-order valence-corrected chi connectivity index (χ4v) is 3.42. The molecular formula is C21H16BrNS. The highest BCUT2D eigenvalue weighted by Crippen LogP contribution is 2.23. The van der Waals surface area contributed by atoms with Crippen molar-refractivity contribution >= 4 is 39.1 Å². The van der Waals surface area contributed by atoms with E-state index < -0.39 is 0 Å². The van der Waals surface area contributed by atoms with E-state index in [2.05, 4.69) is 51.7 Å². The van der Waals surface area contributed by atoms with Gasteiger partial charge in [-0.3, -0.25) is 0 Å². The summed E-state index contributed by atoms with van der Waals surface area (Å²) in [6, 6.07) is 28.5. The molecule has 0 spiro atoms. The molecule has 0 aliphatic carbocycles. The molecule has 0 bridgehead atoms. The molecule has 0 aromatic heterocycles. The number of nitrogens with zero attached hydrogens (tertiary/aromatic N) is 1. The van der Waals surface area contributed by atoms with Crippen molar-refractivity contribution in [2.45, 2.75) is 4.90 Å². The van der Waals surface area contributed by atoms with Gasteiger partial charge in [0.1, 0.15) is 0 Å². The van der Waals surface area contributed by atoms with Crippen LogP contribution in [0.15, 0.2) is 111 Å². The van der Waals surface area contributed by atoms with Crippen molar-refractivity contribution in [1.82, 2.24) is 0 Å². The van der Waals surface area contributed by atoms with Crippen molar-refractivity contribution in [3.8, 4) is 0 Å². The van der Waals surface area contributed by atoms with Crippen LogP contribution in [0.4, 0.5) is 5.69 Å². The van der Waals surface area contributed by atoms with E-state index in [4.69, 9.17) is 4.99 Å². The highest BCUT2D eigenvalue weighted by molar-refractivity contribution is 9.10. The lowest BCUT2D eigenvalue weighted by Crippen LogP contribution is -1.95. The third kappa shape index (κ3) is 4.95. The first-order valence-corrected chi connectivity index (χ1v) is 9.26. The van der Waals surface area contributed by atoms with Crippen molar-refractivity contribution < 1.29 is 0 Å². The van der Waals surface area contributed by atoms with Crippen LogP contribution in [0.25, 0.3) is 0 Å². The van der Waals surface area contributed by atoms with Crippen LogP contribution in [-0.4, -0.2) is 5.71 Å². The summed E-state index contributed by atoms with van der Waals surface area (Å²) >= 11 is 5.18. The second kappa shape index (κ2) is 8.67.